The highest BCUT2D eigenvalue weighted by Gasteiger charge is 2.40. The number of fused-ring (bicyclic) bond motifs is 4. The molecule has 2 aliphatic rings. The third-order valence-corrected chi connectivity index (χ3v) is 7.30. The molecule has 1 aromatic carbocycles. The molecule has 3 aromatic heterocycles. The van der Waals surface area contributed by atoms with Gasteiger partial charge in [-0.2, -0.15) is 4.98 Å². The molecule has 0 N–H and O–H groups in total. The summed E-state index contributed by atoms with van der Waals surface area (Å²) >= 11 is 1.47. The number of ether oxygens (including phenoxy) is 1. The predicted octanol–water partition coefficient (Wildman–Crippen LogP) is 4.42. The van der Waals surface area contributed by atoms with Crippen LogP contribution in [0, 0.1) is 0 Å². The zero-order valence-corrected chi connectivity index (χ0v) is 18.0. The molecule has 31 heavy (non-hydrogen) atoms. The predicted molar refractivity (Wildman–Crippen MR) is 118 cm³/mol. The molecule has 2 unspecified atom stereocenters. The van der Waals surface area contributed by atoms with Gasteiger partial charge in [0, 0.05) is 61.9 Å². The van der Waals surface area contributed by atoms with Crippen molar-refractivity contribution in [1.29, 1.82) is 0 Å². The third-order valence-electron chi connectivity index (χ3n) is 6.41. The van der Waals surface area contributed by atoms with Crippen molar-refractivity contribution >= 4 is 38.6 Å². The summed E-state index contributed by atoms with van der Waals surface area (Å²) in [6.45, 7) is 4.17. The van der Waals surface area contributed by atoms with Crippen LogP contribution in [0.4, 0.5) is 0 Å². The third kappa shape index (κ3) is 3.36. The van der Waals surface area contributed by atoms with Crippen molar-refractivity contribution in [2.75, 3.05) is 13.1 Å². The van der Waals surface area contributed by atoms with Gasteiger partial charge in [-0.25, -0.2) is 4.98 Å². The van der Waals surface area contributed by atoms with Crippen molar-refractivity contribution in [3.05, 3.63) is 48.4 Å². The summed E-state index contributed by atoms with van der Waals surface area (Å²) in [5.74, 6) is 0.879. The number of pyridine rings is 1. The fourth-order valence-electron chi connectivity index (χ4n) is 4.85. The number of furan rings is 1. The molecule has 2 aliphatic heterocycles. The maximum absolute atomic E-state index is 11.8. The Balaban J connectivity index is 1.21. The van der Waals surface area contributed by atoms with Crippen LogP contribution in [0.15, 0.2) is 47.2 Å². The van der Waals surface area contributed by atoms with Crippen LogP contribution in [-0.4, -0.2) is 50.8 Å². The lowest BCUT2D eigenvalue weighted by Crippen LogP contribution is -2.54. The lowest BCUT2D eigenvalue weighted by atomic mass is 10.1. The Morgan fingerprint density at radius 1 is 1.26 bits per heavy atom. The number of amides is 1. The summed E-state index contributed by atoms with van der Waals surface area (Å²) < 4.78 is 12.8. The van der Waals surface area contributed by atoms with Gasteiger partial charge in [-0.15, -0.1) is 0 Å². The minimum atomic E-state index is 0.182. The van der Waals surface area contributed by atoms with Gasteiger partial charge < -0.3 is 14.1 Å². The highest BCUT2D eigenvalue weighted by molar-refractivity contribution is 7.20. The number of rotatable bonds is 4. The first-order valence-electron chi connectivity index (χ1n) is 10.5. The van der Waals surface area contributed by atoms with Crippen molar-refractivity contribution in [3.8, 4) is 10.9 Å². The second-order valence-electron chi connectivity index (χ2n) is 8.31. The highest BCUT2D eigenvalue weighted by Crippen LogP contribution is 2.36. The number of carbonyl (C=O) groups is 1. The van der Waals surface area contributed by atoms with Gasteiger partial charge in [0.25, 0.3) is 5.19 Å². The topological polar surface area (TPSA) is 71.7 Å². The number of hydrogen-bond donors (Lipinski definition) is 0. The van der Waals surface area contributed by atoms with Crippen LogP contribution in [-0.2, 0) is 11.3 Å². The fraction of sp³-hybridized carbons (Fsp3) is 0.348. The van der Waals surface area contributed by atoms with E-state index in [1.54, 1.807) is 13.1 Å². The lowest BCUT2D eigenvalue weighted by molar-refractivity contribution is -0.132. The van der Waals surface area contributed by atoms with E-state index in [2.05, 4.69) is 20.9 Å². The van der Waals surface area contributed by atoms with Gasteiger partial charge in [-0.3, -0.25) is 9.69 Å². The molecule has 2 fully saturated rings. The fourth-order valence-corrected chi connectivity index (χ4v) is 5.64. The number of thiazole rings is 1. The molecule has 0 spiro atoms. The minimum absolute atomic E-state index is 0.182. The van der Waals surface area contributed by atoms with Crippen molar-refractivity contribution < 1.29 is 13.9 Å². The number of hydrogen-bond acceptors (Lipinski definition) is 7. The van der Waals surface area contributed by atoms with E-state index in [1.807, 2.05) is 35.4 Å². The normalized spacial score (nSPS) is 21.3. The zero-order valence-electron chi connectivity index (χ0n) is 17.2. The molecule has 1 amide bonds. The van der Waals surface area contributed by atoms with Gasteiger partial charge in [-0.05, 0) is 37.1 Å². The van der Waals surface area contributed by atoms with Gasteiger partial charge in [0.1, 0.15) is 11.3 Å². The van der Waals surface area contributed by atoms with Gasteiger partial charge in [0.2, 0.25) is 5.91 Å². The van der Waals surface area contributed by atoms with Crippen molar-refractivity contribution in [3.63, 3.8) is 0 Å². The lowest BCUT2D eigenvalue weighted by Gasteiger charge is -2.40. The van der Waals surface area contributed by atoms with E-state index in [-0.39, 0.29) is 5.91 Å². The first kappa shape index (κ1) is 18.8. The highest BCUT2D eigenvalue weighted by atomic mass is 32.1. The second kappa shape index (κ2) is 7.32. The Hall–Kier alpha value is -2.97. The summed E-state index contributed by atoms with van der Waals surface area (Å²) in [7, 11) is 0. The van der Waals surface area contributed by atoms with Crippen LogP contribution in [0.1, 0.15) is 25.3 Å². The number of nitrogens with zero attached hydrogens (tertiary/aromatic N) is 4. The minimum Gasteiger partial charge on any atom is -0.464 e. The number of aromatic nitrogens is 2. The average Bonchev–Trinajstić information content (AvgIpc) is 3.41. The summed E-state index contributed by atoms with van der Waals surface area (Å²) in [5.41, 5.74) is 2.68. The van der Waals surface area contributed by atoms with Crippen LogP contribution >= 0.6 is 11.3 Å². The molecule has 6 rings (SSSR count). The average molecular weight is 435 g/mol. The van der Waals surface area contributed by atoms with Gasteiger partial charge in [-0.1, -0.05) is 11.3 Å². The van der Waals surface area contributed by atoms with Gasteiger partial charge >= 0.3 is 0 Å². The molecule has 7 nitrogen and oxygen atoms in total. The van der Waals surface area contributed by atoms with E-state index in [9.17, 15) is 4.79 Å². The molecule has 4 aromatic rings. The Morgan fingerprint density at radius 2 is 2.10 bits per heavy atom. The summed E-state index contributed by atoms with van der Waals surface area (Å²) in [6, 6.07) is 10.7. The van der Waals surface area contributed by atoms with Crippen LogP contribution < -0.4 is 4.74 Å². The molecule has 2 atom stereocenters. The zero-order chi connectivity index (χ0) is 20.9. The molecule has 0 aliphatic carbocycles. The number of benzene rings is 1. The molecule has 5 heterocycles. The Kier molecular flexibility index (Phi) is 4.43. The van der Waals surface area contributed by atoms with E-state index in [4.69, 9.17) is 9.15 Å². The van der Waals surface area contributed by atoms with Crippen molar-refractivity contribution in [2.45, 2.75) is 38.4 Å². The Morgan fingerprint density at radius 3 is 2.87 bits per heavy atom. The number of carbonyl (C=O) groups excluding carboxylic acids is 1. The van der Waals surface area contributed by atoms with E-state index in [0.717, 1.165) is 48.1 Å². The molecule has 2 bridgehead atoms. The standard InChI is InChI=1S/C23H22N4O3S/c1-14(28)26-11-16-4-5-17(12-26)27(16)10-15-13-29-20-9-18(6-7-19(15)20)30-23-25-22-21(31-23)3-2-8-24-22/h2-3,6-9,13,16-17H,4-5,10-12H2,1H3. The van der Waals surface area contributed by atoms with Crippen LogP contribution in [0.25, 0.3) is 21.3 Å². The largest absolute Gasteiger partial charge is 0.464 e. The SMILES string of the molecule is CC(=O)N1CC2CCC(C1)N2Cc1coc2cc(Oc3nc4ncccc4s3)ccc12. The maximum atomic E-state index is 11.8. The number of likely N-dealkylation sites (tertiary alicyclic amines) is 1. The molecule has 2 saturated heterocycles. The molecular formula is C23H22N4O3S. The molecule has 158 valence electrons. The number of piperazine rings is 1. The van der Waals surface area contributed by atoms with Crippen molar-refractivity contribution in [2.24, 2.45) is 0 Å². The molecular weight excluding hydrogens is 412 g/mol. The van der Waals surface area contributed by atoms with Crippen LogP contribution in [0.3, 0.4) is 0 Å². The van der Waals surface area contributed by atoms with E-state index in [1.165, 1.54) is 16.9 Å². The first-order valence-corrected chi connectivity index (χ1v) is 11.4. The van der Waals surface area contributed by atoms with Gasteiger partial charge in [0.05, 0.1) is 11.0 Å². The Bertz CT molecular complexity index is 1240. The molecule has 0 saturated carbocycles. The Labute approximate surface area is 183 Å². The monoisotopic (exact) mass is 434 g/mol. The van der Waals surface area contributed by atoms with Crippen LogP contribution in [0.2, 0.25) is 0 Å². The molecule has 0 radical (unpaired) electrons. The first-order chi connectivity index (χ1) is 15.1. The van der Waals surface area contributed by atoms with E-state index in [0.29, 0.717) is 28.7 Å². The van der Waals surface area contributed by atoms with Gasteiger partial charge in [0.15, 0.2) is 5.65 Å². The summed E-state index contributed by atoms with van der Waals surface area (Å²) in [5, 5.41) is 1.67. The van der Waals surface area contributed by atoms with E-state index >= 15 is 0 Å². The van der Waals surface area contributed by atoms with Crippen molar-refractivity contribution in [1.82, 2.24) is 19.8 Å². The second-order valence-corrected chi connectivity index (χ2v) is 9.30. The maximum Gasteiger partial charge on any atom is 0.281 e. The molecule has 8 heteroatoms. The van der Waals surface area contributed by atoms with E-state index < -0.39 is 0 Å². The quantitative estimate of drug-likeness (QED) is 0.473. The summed E-state index contributed by atoms with van der Waals surface area (Å²) in [6.07, 6.45) is 5.89. The summed E-state index contributed by atoms with van der Waals surface area (Å²) in [4.78, 5) is 25.0. The smallest absolute Gasteiger partial charge is 0.281 e. The van der Waals surface area contributed by atoms with Crippen LogP contribution in [0.5, 0.6) is 10.9 Å².